The number of halogens is 1. The Bertz CT molecular complexity index is 483. The van der Waals surface area contributed by atoms with Crippen molar-refractivity contribution >= 4 is 5.69 Å². The lowest BCUT2D eigenvalue weighted by Gasteiger charge is -2.40. The molecule has 1 aliphatic heterocycles. The first kappa shape index (κ1) is 12.8. The van der Waals surface area contributed by atoms with E-state index in [-0.39, 0.29) is 11.4 Å². The summed E-state index contributed by atoms with van der Waals surface area (Å²) in [4.78, 5) is 2.08. The molecular weight excluding hydrogens is 231 g/mol. The summed E-state index contributed by atoms with van der Waals surface area (Å²) in [5.41, 5.74) is 0.918. The summed E-state index contributed by atoms with van der Waals surface area (Å²) in [6.45, 7) is 3.65. The molecule has 0 aromatic heterocycles. The second-order valence-electron chi connectivity index (χ2n) is 4.99. The predicted molar refractivity (Wildman–Crippen MR) is 68.0 cm³/mol. The van der Waals surface area contributed by atoms with Crippen LogP contribution in [0.5, 0.6) is 0 Å². The molecule has 1 aliphatic rings. The molecule has 96 valence electrons. The summed E-state index contributed by atoms with van der Waals surface area (Å²) >= 11 is 0. The second-order valence-corrected chi connectivity index (χ2v) is 4.99. The first-order valence-electron chi connectivity index (χ1n) is 6.07. The Labute approximate surface area is 107 Å². The summed E-state index contributed by atoms with van der Waals surface area (Å²) < 4.78 is 19.0. The van der Waals surface area contributed by atoms with E-state index >= 15 is 0 Å². The zero-order valence-electron chi connectivity index (χ0n) is 10.7. The minimum absolute atomic E-state index is 0.197. The molecule has 2 rings (SSSR count). The summed E-state index contributed by atoms with van der Waals surface area (Å²) in [6, 6.07) is 6.44. The van der Waals surface area contributed by atoms with Gasteiger partial charge in [0, 0.05) is 25.9 Å². The van der Waals surface area contributed by atoms with Crippen LogP contribution in [-0.4, -0.2) is 25.8 Å². The minimum atomic E-state index is -0.367. The van der Waals surface area contributed by atoms with Crippen molar-refractivity contribution in [1.82, 2.24) is 0 Å². The average Bonchev–Trinajstić information content (AvgIpc) is 2.38. The van der Waals surface area contributed by atoms with Crippen LogP contribution < -0.4 is 4.90 Å². The molecule has 0 N–H and O–H groups in total. The van der Waals surface area contributed by atoms with Gasteiger partial charge >= 0.3 is 0 Å². The van der Waals surface area contributed by atoms with E-state index in [0.29, 0.717) is 5.56 Å². The van der Waals surface area contributed by atoms with E-state index in [4.69, 9.17) is 10.00 Å². The summed E-state index contributed by atoms with van der Waals surface area (Å²) in [6.07, 6.45) is 2.00. The number of piperidine rings is 1. The molecule has 1 atom stereocenters. The van der Waals surface area contributed by atoms with Gasteiger partial charge in [-0.3, -0.25) is 0 Å². The number of rotatable bonds is 2. The molecule has 4 heteroatoms. The molecule has 0 saturated carbocycles. The summed E-state index contributed by atoms with van der Waals surface area (Å²) in [7, 11) is 1.70. The molecule has 1 aromatic rings. The van der Waals surface area contributed by atoms with Gasteiger partial charge in [-0.25, -0.2) is 4.39 Å². The predicted octanol–water partition coefficient (Wildman–Crippen LogP) is 2.70. The van der Waals surface area contributed by atoms with Crippen molar-refractivity contribution in [3.8, 4) is 6.07 Å². The fraction of sp³-hybridized carbons (Fsp3) is 0.500. The highest BCUT2D eigenvalue weighted by molar-refractivity contribution is 5.52. The van der Waals surface area contributed by atoms with Crippen molar-refractivity contribution in [3.05, 3.63) is 29.6 Å². The first-order chi connectivity index (χ1) is 8.56. The molecule has 1 aromatic carbocycles. The van der Waals surface area contributed by atoms with E-state index in [1.54, 1.807) is 13.2 Å². The highest BCUT2D eigenvalue weighted by Gasteiger charge is 2.31. The number of nitriles is 1. The first-order valence-corrected chi connectivity index (χ1v) is 6.07. The third-order valence-corrected chi connectivity index (χ3v) is 3.53. The van der Waals surface area contributed by atoms with E-state index < -0.39 is 0 Å². The Hall–Kier alpha value is -1.60. The topological polar surface area (TPSA) is 36.3 Å². The third-order valence-electron chi connectivity index (χ3n) is 3.53. The maximum atomic E-state index is 13.4. The molecule has 0 spiro atoms. The monoisotopic (exact) mass is 248 g/mol. The van der Waals surface area contributed by atoms with Crippen LogP contribution in [0, 0.1) is 17.1 Å². The van der Waals surface area contributed by atoms with Crippen molar-refractivity contribution in [2.45, 2.75) is 25.4 Å². The van der Waals surface area contributed by atoms with Crippen molar-refractivity contribution in [2.24, 2.45) is 0 Å². The second kappa shape index (κ2) is 4.95. The zero-order chi connectivity index (χ0) is 13.2. The molecule has 0 radical (unpaired) electrons. The summed E-state index contributed by atoms with van der Waals surface area (Å²) in [5.74, 6) is -0.367. The van der Waals surface area contributed by atoms with Gasteiger partial charge in [-0.1, -0.05) is 0 Å². The quantitative estimate of drug-likeness (QED) is 0.807. The molecular formula is C14H17FN2O. The van der Waals surface area contributed by atoms with E-state index in [1.807, 2.05) is 6.07 Å². The molecule has 3 nitrogen and oxygen atoms in total. The van der Waals surface area contributed by atoms with Gasteiger partial charge in [0.15, 0.2) is 0 Å². The zero-order valence-corrected chi connectivity index (χ0v) is 10.7. The molecule has 1 saturated heterocycles. The van der Waals surface area contributed by atoms with E-state index in [2.05, 4.69) is 11.8 Å². The number of methoxy groups -OCH3 is 1. The lowest BCUT2D eigenvalue weighted by Crippen LogP contribution is -2.47. The van der Waals surface area contributed by atoms with E-state index in [9.17, 15) is 4.39 Å². The van der Waals surface area contributed by atoms with Crippen molar-refractivity contribution < 1.29 is 9.13 Å². The van der Waals surface area contributed by atoms with Gasteiger partial charge < -0.3 is 9.64 Å². The number of ether oxygens (including phenoxy) is 1. The van der Waals surface area contributed by atoms with Crippen molar-refractivity contribution in [3.63, 3.8) is 0 Å². The molecule has 0 amide bonds. The lowest BCUT2D eigenvalue weighted by atomic mass is 9.94. The fourth-order valence-corrected chi connectivity index (χ4v) is 2.41. The maximum absolute atomic E-state index is 13.4. The SMILES string of the molecule is COC1(C)CCCN(c2cc(F)cc(C#N)c2)C1. The van der Waals surface area contributed by atoms with Gasteiger partial charge in [0.05, 0.1) is 17.2 Å². The maximum Gasteiger partial charge on any atom is 0.126 e. The number of hydrogen-bond donors (Lipinski definition) is 0. The van der Waals surface area contributed by atoms with Crippen LogP contribution >= 0.6 is 0 Å². The van der Waals surface area contributed by atoms with Crippen LogP contribution in [0.15, 0.2) is 18.2 Å². The van der Waals surface area contributed by atoms with Crippen molar-refractivity contribution in [2.75, 3.05) is 25.1 Å². The highest BCUT2D eigenvalue weighted by Crippen LogP contribution is 2.28. The molecule has 1 fully saturated rings. The Balaban J connectivity index is 2.26. The Morgan fingerprint density at radius 3 is 2.89 bits per heavy atom. The van der Waals surface area contributed by atoms with Crippen LogP contribution in [-0.2, 0) is 4.74 Å². The Morgan fingerprint density at radius 2 is 2.22 bits per heavy atom. The van der Waals surface area contributed by atoms with E-state index in [0.717, 1.165) is 31.6 Å². The normalized spacial score (nSPS) is 23.8. The molecule has 0 bridgehead atoms. The Kier molecular flexibility index (Phi) is 3.53. The minimum Gasteiger partial charge on any atom is -0.377 e. The smallest absolute Gasteiger partial charge is 0.126 e. The van der Waals surface area contributed by atoms with Crippen LogP contribution in [0.4, 0.5) is 10.1 Å². The highest BCUT2D eigenvalue weighted by atomic mass is 19.1. The fourth-order valence-electron chi connectivity index (χ4n) is 2.41. The number of anilines is 1. The van der Waals surface area contributed by atoms with Crippen LogP contribution in [0.2, 0.25) is 0 Å². The lowest BCUT2D eigenvalue weighted by molar-refractivity contribution is -0.00466. The standard InChI is InChI=1S/C14H17FN2O/c1-14(18-2)4-3-5-17(10-14)13-7-11(9-16)6-12(15)8-13/h6-8H,3-5,10H2,1-2H3. The van der Waals surface area contributed by atoms with E-state index in [1.165, 1.54) is 12.1 Å². The van der Waals surface area contributed by atoms with Crippen LogP contribution in [0.1, 0.15) is 25.3 Å². The molecule has 1 unspecified atom stereocenters. The number of benzene rings is 1. The van der Waals surface area contributed by atoms with Gasteiger partial charge in [-0.05, 0) is 38.0 Å². The molecule has 18 heavy (non-hydrogen) atoms. The van der Waals surface area contributed by atoms with Gasteiger partial charge in [-0.2, -0.15) is 5.26 Å². The van der Waals surface area contributed by atoms with Gasteiger partial charge in [-0.15, -0.1) is 0 Å². The van der Waals surface area contributed by atoms with Crippen LogP contribution in [0.3, 0.4) is 0 Å². The largest absolute Gasteiger partial charge is 0.377 e. The van der Waals surface area contributed by atoms with Gasteiger partial charge in [0.1, 0.15) is 5.82 Å². The molecule has 1 heterocycles. The third kappa shape index (κ3) is 2.62. The van der Waals surface area contributed by atoms with Crippen LogP contribution in [0.25, 0.3) is 0 Å². The van der Waals surface area contributed by atoms with Gasteiger partial charge in [0.25, 0.3) is 0 Å². The number of hydrogen-bond acceptors (Lipinski definition) is 3. The van der Waals surface area contributed by atoms with Gasteiger partial charge in [0.2, 0.25) is 0 Å². The van der Waals surface area contributed by atoms with Crippen molar-refractivity contribution in [1.29, 1.82) is 5.26 Å². The summed E-state index contributed by atoms with van der Waals surface area (Å²) in [5, 5.41) is 8.87. The molecule has 0 aliphatic carbocycles. The average molecular weight is 248 g/mol. The number of nitrogens with zero attached hydrogens (tertiary/aromatic N) is 2. The Morgan fingerprint density at radius 1 is 1.44 bits per heavy atom.